The second-order valence-electron chi connectivity index (χ2n) is 17.8. The summed E-state index contributed by atoms with van der Waals surface area (Å²) in [5.74, 6) is -3.13. The summed E-state index contributed by atoms with van der Waals surface area (Å²) in [7, 11) is 1.36. The van der Waals surface area contributed by atoms with Crippen molar-refractivity contribution in [3.63, 3.8) is 0 Å². The van der Waals surface area contributed by atoms with Crippen LogP contribution in [0.2, 0.25) is 10.0 Å². The van der Waals surface area contributed by atoms with Crippen LogP contribution in [-0.4, -0.2) is 104 Å². The van der Waals surface area contributed by atoms with E-state index in [0.29, 0.717) is 58.6 Å². The van der Waals surface area contributed by atoms with Crippen molar-refractivity contribution in [2.45, 2.75) is 76.8 Å². The fourth-order valence-corrected chi connectivity index (χ4v) is 10.0. The summed E-state index contributed by atoms with van der Waals surface area (Å²) < 4.78 is 63.9. The molecule has 2 aliphatic heterocycles. The number of esters is 1. The molecule has 2 aliphatic rings. The predicted molar refractivity (Wildman–Crippen MR) is 345 cm³/mol. The van der Waals surface area contributed by atoms with E-state index in [1.165, 1.54) is 18.1 Å². The molecule has 0 bridgehead atoms. The van der Waals surface area contributed by atoms with E-state index in [-0.39, 0.29) is 144 Å². The standard InChI is InChI=1S/C25H20BrClF2N2O2.C18H16ClF2NO.C8H8BrNO2.C7H6BrNO2.CH4.ClH.Li.H2O.S2.H2S/c26-23-10-4-6-17(30-23)13-24(33)31-14-16(28)12-21(31)22(32)11-15-5-3-8-19(25(15)29)18-7-1-2-9-20(18)27;19-15-7-2-1-5-13(15)14-6-3-4-11(18(14)21)8-17(23)16-9-12(20)10-22-16;1-12-8(11)5-6-3-2-4-7(9)10-6;8-6-3-1-2-5(9-6)4-7(10)11;;;;;1-2;/h1-10,16,21H,11-14H2;1-7,12,16,22H,8-10H2;2-4H,5H2,1H3;1-3H,4H2,(H,10,11);1H4;1H;;1H2;;1H2/q;;;;;;+1;;;/p-1/t16-,21+;12-,16+;;;;;;;;/m11......../s1. The fourth-order valence-electron chi connectivity index (χ4n) is 8.41. The molecule has 0 unspecified atom stereocenters. The number of ketones is 2. The van der Waals surface area contributed by atoms with Crippen molar-refractivity contribution in [3.05, 3.63) is 203 Å². The van der Waals surface area contributed by atoms with Crippen LogP contribution in [0.1, 0.15) is 48.5 Å². The molecule has 0 radical (unpaired) electrons. The van der Waals surface area contributed by atoms with Gasteiger partial charge in [-0.05, 0) is 107 Å². The second kappa shape index (κ2) is 41.6. The zero-order valence-corrected chi connectivity index (χ0v) is 54.9. The van der Waals surface area contributed by atoms with E-state index in [2.05, 4.69) is 95.2 Å². The summed E-state index contributed by atoms with van der Waals surface area (Å²) in [5.41, 5.74) is 4.03. The molecular weight excluding hydrogens is 1430 g/mol. The maximum Gasteiger partial charge on any atom is 1.00 e. The zero-order valence-electron chi connectivity index (χ0n) is 45.2. The van der Waals surface area contributed by atoms with Crippen molar-refractivity contribution in [3.8, 4) is 22.3 Å². The molecule has 7 aromatic rings. The molecule has 9 rings (SSSR count). The second-order valence-corrected chi connectivity index (χ2v) is 21.1. The summed E-state index contributed by atoms with van der Waals surface area (Å²) in [6.07, 6.45) is -2.43. The van der Waals surface area contributed by atoms with Gasteiger partial charge in [0, 0.05) is 86.9 Å². The van der Waals surface area contributed by atoms with Crippen LogP contribution in [-0.2, 0) is 83.2 Å². The molecule has 4 atom stereocenters. The van der Waals surface area contributed by atoms with Crippen molar-refractivity contribution in [1.82, 2.24) is 25.2 Å². The number of carboxylic acid groups (broad SMARTS) is 1. The number of amides is 1. The Hall–Kier alpha value is -4.58. The Bertz CT molecular complexity index is 3350. The number of ether oxygens (including phenoxy) is 1. The number of benzene rings is 4. The number of pyridine rings is 3. The van der Waals surface area contributed by atoms with E-state index in [1.54, 1.807) is 127 Å². The Morgan fingerprint density at radius 2 is 1.02 bits per heavy atom. The number of Topliss-reactive ketones (excluding diaryl/α,β-unsaturated/α-hetero) is 2. The maximum atomic E-state index is 15.3. The first kappa shape index (κ1) is 81.4. The molecule has 27 heteroatoms. The van der Waals surface area contributed by atoms with Gasteiger partial charge in [0.15, 0.2) is 11.6 Å². The first-order chi connectivity index (χ1) is 38.8. The van der Waals surface area contributed by atoms with E-state index < -0.39 is 47.8 Å². The molecule has 5 heterocycles. The number of carbonyl (C=O) groups is 5. The average molecular weight is 1490 g/mol. The molecule has 2 fully saturated rings. The Labute approximate surface area is 567 Å². The molecule has 1 amide bonds. The average Bonchev–Trinajstić information content (AvgIpc) is 1.75. The van der Waals surface area contributed by atoms with Crippen LogP contribution < -0.4 is 24.2 Å². The molecule has 0 spiro atoms. The number of hydrogen-bond donors (Lipinski definition) is 2. The monoisotopic (exact) mass is 1490 g/mol. The molecule has 2 saturated heterocycles. The number of methoxy groups -OCH3 is 1. The third kappa shape index (κ3) is 25.5. The predicted octanol–water partition coefficient (Wildman–Crippen LogP) is 10.6. The summed E-state index contributed by atoms with van der Waals surface area (Å²) in [4.78, 5) is 72.7. The van der Waals surface area contributed by atoms with Gasteiger partial charge in [-0.3, -0.25) is 24.0 Å². The normalized spacial score (nSPS) is 15.0. The summed E-state index contributed by atoms with van der Waals surface area (Å²) in [5, 5.41) is 12.1. The fraction of sp³-hybridized carbons (Fsp3) is 0.254. The van der Waals surface area contributed by atoms with Crippen LogP contribution in [0.5, 0.6) is 0 Å². The van der Waals surface area contributed by atoms with E-state index in [4.69, 9.17) is 28.3 Å². The van der Waals surface area contributed by atoms with Gasteiger partial charge in [0.25, 0.3) is 0 Å². The minimum absolute atomic E-state index is 0. The molecule has 0 saturated carbocycles. The number of nitrogens with one attached hydrogen (secondary N) is 1. The molecule has 0 aliphatic carbocycles. The Kier molecular flexibility index (Phi) is 39.4. The molecular formula is C59H58Br3Cl3F4LiN5O8S3. The number of carboxylic acids is 1. The van der Waals surface area contributed by atoms with E-state index in [1.807, 2.05) is 6.07 Å². The van der Waals surface area contributed by atoms with Gasteiger partial charge in [-0.25, -0.2) is 32.5 Å². The van der Waals surface area contributed by atoms with Gasteiger partial charge >= 0.3 is 30.8 Å². The number of carbonyl (C=O) groups excluding carboxylic acids is 4. The van der Waals surface area contributed by atoms with Gasteiger partial charge < -0.3 is 25.5 Å². The van der Waals surface area contributed by atoms with Crippen LogP contribution >= 0.6 is 96.9 Å². The first-order valence-corrected chi connectivity index (χ1v) is 29.0. The Morgan fingerprint density at radius 1 is 0.616 bits per heavy atom. The smallest absolute Gasteiger partial charge is 0.870 e. The Morgan fingerprint density at radius 3 is 1.43 bits per heavy atom. The molecule has 3 N–H and O–H groups in total. The van der Waals surface area contributed by atoms with Gasteiger partial charge in [0.1, 0.15) is 37.8 Å². The quantitative estimate of drug-likeness (QED) is 0.0451. The summed E-state index contributed by atoms with van der Waals surface area (Å²) in [6, 6.07) is 37.8. The number of hydrogen-bond acceptors (Lipinski definition) is 13. The number of nitrogens with zero attached hydrogens (tertiary/aromatic N) is 4. The van der Waals surface area contributed by atoms with Crippen molar-refractivity contribution in [1.29, 1.82) is 0 Å². The zero-order chi connectivity index (χ0) is 59.2. The molecule has 13 nitrogen and oxygen atoms in total. The molecule has 456 valence electrons. The topological polar surface area (TPSA) is 199 Å². The largest absolute Gasteiger partial charge is 1.00 e. The molecule has 86 heavy (non-hydrogen) atoms. The van der Waals surface area contributed by atoms with Crippen molar-refractivity contribution in [2.24, 2.45) is 0 Å². The van der Waals surface area contributed by atoms with Crippen LogP contribution in [0.4, 0.5) is 17.6 Å². The number of halogens is 10. The number of alkyl halides is 2. The number of likely N-dealkylation sites (tertiary alicyclic amines) is 1. The molecule has 3 aromatic heterocycles. The maximum absolute atomic E-state index is 15.3. The number of rotatable bonds is 14. The first-order valence-electron chi connectivity index (χ1n) is 24.5. The van der Waals surface area contributed by atoms with Gasteiger partial charge in [-0.2, -0.15) is 13.5 Å². The molecule has 4 aromatic carbocycles. The third-order valence-corrected chi connectivity index (χ3v) is 14.1. The summed E-state index contributed by atoms with van der Waals surface area (Å²) in [6.45, 7) is 0.0178. The van der Waals surface area contributed by atoms with Crippen LogP contribution in [0.3, 0.4) is 0 Å². The van der Waals surface area contributed by atoms with Crippen molar-refractivity contribution >= 4 is 149 Å². The van der Waals surface area contributed by atoms with Crippen LogP contribution in [0, 0.1) is 11.6 Å². The SMILES string of the molecule is C.COC(=O)Cc1cccc(Br)n1.Cl.O=C(Cc1cccc(-c2ccccc2Cl)c1F)[C@@H]1C[C@@H](F)CN1.O=C(Cc1cccc(-c2ccccc2Cl)c1F)[C@@H]1C[C@@H](F)CN1C(=O)Cc1cccc(Br)n1.O=C(O)Cc1cccc(Br)n1.S.S=S.[Li+].[OH-]. The van der Waals surface area contributed by atoms with Crippen LogP contribution in [0.25, 0.3) is 22.3 Å². The van der Waals surface area contributed by atoms with Gasteiger partial charge in [-0.15, -0.1) is 12.4 Å². The van der Waals surface area contributed by atoms with Gasteiger partial charge in [0.05, 0.1) is 62.1 Å². The van der Waals surface area contributed by atoms with Gasteiger partial charge in [-0.1, -0.05) is 122 Å². The van der Waals surface area contributed by atoms with Crippen molar-refractivity contribution in [2.75, 3.05) is 20.2 Å². The van der Waals surface area contributed by atoms with E-state index in [0.717, 1.165) is 4.60 Å². The Balaban J connectivity index is 0.00000119. The number of aromatic nitrogens is 3. The van der Waals surface area contributed by atoms with E-state index >= 15 is 4.39 Å². The minimum atomic E-state index is -1.31. The van der Waals surface area contributed by atoms with Gasteiger partial charge in [0.2, 0.25) is 5.91 Å². The number of aliphatic carboxylic acids is 1. The van der Waals surface area contributed by atoms with E-state index in [9.17, 15) is 37.1 Å². The third-order valence-electron chi connectivity index (χ3n) is 12.2. The summed E-state index contributed by atoms with van der Waals surface area (Å²) >= 11 is 29.3. The van der Waals surface area contributed by atoms with Crippen LogP contribution in [0.15, 0.2) is 153 Å². The van der Waals surface area contributed by atoms with Crippen molar-refractivity contribution < 1.29 is 75.7 Å². The minimum Gasteiger partial charge on any atom is -0.870 e.